The van der Waals surface area contributed by atoms with Gasteiger partial charge in [0.2, 0.25) is 5.89 Å². The maximum Gasteiger partial charge on any atom is 0.253 e. The van der Waals surface area contributed by atoms with Gasteiger partial charge in [0.15, 0.2) is 6.61 Å². The molecule has 0 amide bonds. The first-order valence-corrected chi connectivity index (χ1v) is 6.41. The lowest BCUT2D eigenvalue weighted by Crippen LogP contribution is -2.00. The van der Waals surface area contributed by atoms with Crippen LogP contribution in [0.5, 0.6) is 5.75 Å². The van der Waals surface area contributed by atoms with E-state index < -0.39 is 0 Å². The average Bonchev–Trinajstić information content (AvgIpc) is 2.84. The van der Waals surface area contributed by atoms with Crippen molar-refractivity contribution in [1.29, 1.82) is 0 Å². The molecule has 1 heterocycles. The minimum absolute atomic E-state index is 0.293. The maximum absolute atomic E-state index is 5.75. The molecule has 0 spiro atoms. The van der Waals surface area contributed by atoms with Gasteiger partial charge >= 0.3 is 0 Å². The molecule has 0 atom stereocenters. The molecule has 2 N–H and O–H groups in total. The summed E-state index contributed by atoms with van der Waals surface area (Å²) < 4.78 is 11.2. The van der Waals surface area contributed by atoms with E-state index in [0.717, 1.165) is 23.3 Å². The summed E-state index contributed by atoms with van der Waals surface area (Å²) >= 11 is 0. The number of hydrogen-bond donors (Lipinski definition) is 1. The van der Waals surface area contributed by atoms with Gasteiger partial charge < -0.3 is 14.9 Å². The number of hydrogen-bond acceptors (Lipinski definition) is 5. The predicted molar refractivity (Wildman–Crippen MR) is 71.9 cm³/mol. The highest BCUT2D eigenvalue weighted by Crippen LogP contribution is 2.23. The molecule has 0 unspecified atom stereocenters. The van der Waals surface area contributed by atoms with Crippen LogP contribution in [-0.4, -0.2) is 16.7 Å². The summed E-state index contributed by atoms with van der Waals surface area (Å²) in [6.45, 7) is 4.95. The molecule has 0 saturated carbocycles. The molecular formula is C14H19N3O2. The first kappa shape index (κ1) is 13.5. The van der Waals surface area contributed by atoms with Crippen molar-refractivity contribution < 1.29 is 9.15 Å². The molecule has 1 aromatic heterocycles. The zero-order chi connectivity index (χ0) is 13.7. The van der Waals surface area contributed by atoms with Gasteiger partial charge in [0.1, 0.15) is 5.75 Å². The molecule has 102 valence electrons. The van der Waals surface area contributed by atoms with Crippen LogP contribution in [0, 0.1) is 13.8 Å². The van der Waals surface area contributed by atoms with E-state index in [-0.39, 0.29) is 0 Å². The number of para-hydroxylation sites is 1. The van der Waals surface area contributed by atoms with Crippen LogP contribution in [0.4, 0.5) is 0 Å². The molecular weight excluding hydrogens is 242 g/mol. The molecule has 1 aromatic carbocycles. The van der Waals surface area contributed by atoms with Crippen molar-refractivity contribution >= 4 is 0 Å². The predicted octanol–water partition coefficient (Wildman–Crippen LogP) is 2.16. The van der Waals surface area contributed by atoms with Gasteiger partial charge in [0.25, 0.3) is 5.89 Å². The standard InChI is InChI=1S/C14H19N3O2/c1-10-5-3-6-11(2)14(10)18-9-13-17-16-12(19-13)7-4-8-15/h3,5-6H,4,7-9,15H2,1-2H3. The van der Waals surface area contributed by atoms with E-state index in [1.165, 1.54) is 0 Å². The lowest BCUT2D eigenvalue weighted by molar-refractivity contribution is 0.256. The Labute approximate surface area is 112 Å². The minimum Gasteiger partial charge on any atom is -0.483 e. The molecule has 2 rings (SSSR count). The van der Waals surface area contributed by atoms with Crippen molar-refractivity contribution in [1.82, 2.24) is 10.2 Å². The van der Waals surface area contributed by atoms with Gasteiger partial charge in [0.05, 0.1) is 0 Å². The fraction of sp³-hybridized carbons (Fsp3) is 0.429. The van der Waals surface area contributed by atoms with Crippen molar-refractivity contribution in [2.75, 3.05) is 6.54 Å². The molecule has 0 fully saturated rings. The van der Waals surface area contributed by atoms with Crippen molar-refractivity contribution in [2.45, 2.75) is 33.3 Å². The van der Waals surface area contributed by atoms with Crippen LogP contribution >= 0.6 is 0 Å². The molecule has 19 heavy (non-hydrogen) atoms. The van der Waals surface area contributed by atoms with Crippen LogP contribution in [0.25, 0.3) is 0 Å². The highest BCUT2D eigenvalue weighted by Gasteiger charge is 2.08. The van der Waals surface area contributed by atoms with E-state index in [4.69, 9.17) is 14.9 Å². The largest absolute Gasteiger partial charge is 0.483 e. The monoisotopic (exact) mass is 261 g/mol. The van der Waals surface area contributed by atoms with Crippen LogP contribution < -0.4 is 10.5 Å². The van der Waals surface area contributed by atoms with Gasteiger partial charge in [-0.1, -0.05) is 18.2 Å². The highest BCUT2D eigenvalue weighted by molar-refractivity contribution is 5.39. The average molecular weight is 261 g/mol. The Kier molecular flexibility index (Phi) is 4.52. The van der Waals surface area contributed by atoms with Gasteiger partial charge in [-0.2, -0.15) is 0 Å². The first-order chi connectivity index (χ1) is 9.20. The minimum atomic E-state index is 0.293. The molecule has 0 saturated heterocycles. The van der Waals surface area contributed by atoms with Crippen LogP contribution in [-0.2, 0) is 13.0 Å². The Morgan fingerprint density at radius 1 is 1.16 bits per heavy atom. The third-order valence-electron chi connectivity index (χ3n) is 2.85. The van der Waals surface area contributed by atoms with Crippen LogP contribution in [0.3, 0.4) is 0 Å². The van der Waals surface area contributed by atoms with E-state index in [0.29, 0.717) is 31.4 Å². The molecule has 0 radical (unpaired) electrons. The normalized spacial score (nSPS) is 10.7. The fourth-order valence-electron chi connectivity index (χ4n) is 1.86. The van der Waals surface area contributed by atoms with Crippen LogP contribution in [0.15, 0.2) is 22.6 Å². The number of aryl methyl sites for hydroxylation is 3. The van der Waals surface area contributed by atoms with E-state index in [9.17, 15) is 0 Å². The number of rotatable bonds is 6. The number of nitrogens with two attached hydrogens (primary N) is 1. The van der Waals surface area contributed by atoms with Gasteiger partial charge in [0, 0.05) is 6.42 Å². The van der Waals surface area contributed by atoms with Gasteiger partial charge in [-0.25, -0.2) is 0 Å². The number of aromatic nitrogens is 2. The second-order valence-electron chi connectivity index (χ2n) is 4.49. The molecule has 0 aliphatic heterocycles. The third kappa shape index (κ3) is 3.54. The number of ether oxygens (including phenoxy) is 1. The van der Waals surface area contributed by atoms with E-state index in [1.807, 2.05) is 32.0 Å². The van der Waals surface area contributed by atoms with Gasteiger partial charge in [-0.15, -0.1) is 10.2 Å². The SMILES string of the molecule is Cc1cccc(C)c1OCc1nnc(CCCN)o1. The summed E-state index contributed by atoms with van der Waals surface area (Å²) in [6, 6.07) is 6.04. The Balaban J connectivity index is 1.97. The Morgan fingerprint density at radius 2 is 1.84 bits per heavy atom. The van der Waals surface area contributed by atoms with Crippen molar-refractivity contribution in [3.05, 3.63) is 41.1 Å². The van der Waals surface area contributed by atoms with E-state index in [1.54, 1.807) is 0 Å². The van der Waals surface area contributed by atoms with Crippen LogP contribution in [0.1, 0.15) is 29.3 Å². The van der Waals surface area contributed by atoms with Crippen molar-refractivity contribution in [2.24, 2.45) is 5.73 Å². The Bertz CT molecular complexity index is 517. The Morgan fingerprint density at radius 3 is 2.53 bits per heavy atom. The molecule has 2 aromatic rings. The maximum atomic E-state index is 5.75. The van der Waals surface area contributed by atoms with E-state index in [2.05, 4.69) is 10.2 Å². The Hall–Kier alpha value is -1.88. The fourth-order valence-corrected chi connectivity index (χ4v) is 1.86. The summed E-state index contributed by atoms with van der Waals surface area (Å²) in [5, 5.41) is 7.92. The van der Waals surface area contributed by atoms with Crippen LogP contribution in [0.2, 0.25) is 0 Å². The lowest BCUT2D eigenvalue weighted by Gasteiger charge is -2.09. The topological polar surface area (TPSA) is 74.2 Å². The molecule has 0 aliphatic carbocycles. The number of nitrogens with zero attached hydrogens (tertiary/aromatic N) is 2. The van der Waals surface area contributed by atoms with Crippen molar-refractivity contribution in [3.8, 4) is 5.75 Å². The summed E-state index contributed by atoms with van der Waals surface area (Å²) in [7, 11) is 0. The summed E-state index contributed by atoms with van der Waals surface area (Å²) in [5.74, 6) is 1.99. The summed E-state index contributed by atoms with van der Waals surface area (Å²) in [6.07, 6.45) is 1.56. The zero-order valence-electron chi connectivity index (χ0n) is 11.3. The summed E-state index contributed by atoms with van der Waals surface area (Å²) in [5.41, 5.74) is 7.64. The lowest BCUT2D eigenvalue weighted by atomic mass is 10.1. The second-order valence-corrected chi connectivity index (χ2v) is 4.49. The number of benzene rings is 1. The third-order valence-corrected chi connectivity index (χ3v) is 2.85. The molecule has 0 aliphatic rings. The zero-order valence-corrected chi connectivity index (χ0v) is 11.3. The second kappa shape index (κ2) is 6.33. The van der Waals surface area contributed by atoms with Gasteiger partial charge in [-0.05, 0) is 37.9 Å². The highest BCUT2D eigenvalue weighted by atomic mass is 16.5. The van der Waals surface area contributed by atoms with Crippen molar-refractivity contribution in [3.63, 3.8) is 0 Å². The van der Waals surface area contributed by atoms with Gasteiger partial charge in [-0.3, -0.25) is 0 Å². The first-order valence-electron chi connectivity index (χ1n) is 6.41. The molecule has 0 bridgehead atoms. The quantitative estimate of drug-likeness (QED) is 0.862. The molecule has 5 heteroatoms. The smallest absolute Gasteiger partial charge is 0.253 e. The van der Waals surface area contributed by atoms with E-state index >= 15 is 0 Å². The molecule has 5 nitrogen and oxygen atoms in total. The summed E-state index contributed by atoms with van der Waals surface area (Å²) in [4.78, 5) is 0.